The Balaban J connectivity index is 3.42. The van der Waals surface area contributed by atoms with Gasteiger partial charge in [0.2, 0.25) is 5.91 Å². The van der Waals surface area contributed by atoms with Crippen molar-refractivity contribution in [3.63, 3.8) is 0 Å². The minimum absolute atomic E-state index is 0.000179. The zero-order valence-electron chi connectivity index (χ0n) is 43.0. The number of hydrogen-bond acceptors (Lipinski definition) is 5. The SMILES string of the molecule is CCCCC/C=C\CCCCCCCC(=O)OCCCCCCCCCCCCCCCCCCCCCCC(=O)NC(CO)C(O)/C=C/CCCCCCCCCCCCCCC. The van der Waals surface area contributed by atoms with Gasteiger partial charge in [0.15, 0.2) is 0 Å². The molecule has 0 aliphatic rings. The van der Waals surface area contributed by atoms with Crippen LogP contribution in [0.2, 0.25) is 0 Å². The van der Waals surface area contributed by atoms with Gasteiger partial charge in [0, 0.05) is 12.8 Å². The predicted octanol–water partition coefficient (Wildman–Crippen LogP) is 17.5. The van der Waals surface area contributed by atoms with Crippen LogP contribution in [-0.4, -0.2) is 47.4 Å². The van der Waals surface area contributed by atoms with Crippen molar-refractivity contribution in [1.82, 2.24) is 5.32 Å². The lowest BCUT2D eigenvalue weighted by Gasteiger charge is -2.20. The van der Waals surface area contributed by atoms with E-state index in [0.717, 1.165) is 44.9 Å². The van der Waals surface area contributed by atoms with Crippen molar-refractivity contribution in [2.45, 2.75) is 321 Å². The molecule has 0 rings (SSSR count). The van der Waals surface area contributed by atoms with Crippen LogP contribution in [0.25, 0.3) is 0 Å². The summed E-state index contributed by atoms with van der Waals surface area (Å²) in [5.41, 5.74) is 0. The number of aliphatic hydroxyl groups excluding tert-OH is 2. The van der Waals surface area contributed by atoms with E-state index in [-0.39, 0.29) is 18.5 Å². The average molecular weight is 903 g/mol. The number of hydrogen-bond donors (Lipinski definition) is 3. The largest absolute Gasteiger partial charge is 0.466 e. The molecule has 0 aromatic carbocycles. The Bertz CT molecular complexity index is 997. The van der Waals surface area contributed by atoms with Crippen LogP contribution in [-0.2, 0) is 14.3 Å². The molecule has 0 saturated heterocycles. The van der Waals surface area contributed by atoms with E-state index in [9.17, 15) is 19.8 Å². The van der Waals surface area contributed by atoms with Gasteiger partial charge in [-0.2, -0.15) is 0 Å². The summed E-state index contributed by atoms with van der Waals surface area (Å²) in [6.07, 6.45) is 64.8. The van der Waals surface area contributed by atoms with Crippen LogP contribution in [0.15, 0.2) is 24.3 Å². The number of ether oxygens (including phenoxy) is 1. The highest BCUT2D eigenvalue weighted by molar-refractivity contribution is 5.76. The highest BCUT2D eigenvalue weighted by Gasteiger charge is 2.18. The Morgan fingerprint density at radius 1 is 0.422 bits per heavy atom. The van der Waals surface area contributed by atoms with Crippen LogP contribution in [0.4, 0.5) is 0 Å². The van der Waals surface area contributed by atoms with Crippen LogP contribution < -0.4 is 5.32 Å². The molecule has 0 bridgehead atoms. The molecule has 0 aromatic heterocycles. The van der Waals surface area contributed by atoms with Gasteiger partial charge in [-0.05, 0) is 57.8 Å². The first-order chi connectivity index (χ1) is 31.5. The molecular formula is C58H111NO5. The van der Waals surface area contributed by atoms with Crippen LogP contribution in [0, 0.1) is 0 Å². The van der Waals surface area contributed by atoms with E-state index < -0.39 is 12.1 Å². The second kappa shape index (κ2) is 54.0. The van der Waals surface area contributed by atoms with Gasteiger partial charge in [0.25, 0.3) is 0 Å². The van der Waals surface area contributed by atoms with Crippen molar-refractivity contribution in [3.8, 4) is 0 Å². The molecule has 0 fully saturated rings. The van der Waals surface area contributed by atoms with E-state index in [2.05, 4.69) is 31.3 Å². The zero-order valence-corrected chi connectivity index (χ0v) is 43.0. The fourth-order valence-corrected chi connectivity index (χ4v) is 8.81. The van der Waals surface area contributed by atoms with E-state index in [1.165, 1.54) is 238 Å². The van der Waals surface area contributed by atoms with Crippen LogP contribution in [0.5, 0.6) is 0 Å². The van der Waals surface area contributed by atoms with Crippen molar-refractivity contribution >= 4 is 11.9 Å². The number of rotatable bonds is 53. The van der Waals surface area contributed by atoms with Crippen LogP contribution >= 0.6 is 0 Å². The second-order valence-corrected chi connectivity index (χ2v) is 19.6. The van der Waals surface area contributed by atoms with E-state index in [0.29, 0.717) is 19.4 Å². The minimum atomic E-state index is -0.845. The molecule has 64 heavy (non-hydrogen) atoms. The Morgan fingerprint density at radius 3 is 1.14 bits per heavy atom. The molecule has 0 heterocycles. The third-order valence-electron chi connectivity index (χ3n) is 13.2. The van der Waals surface area contributed by atoms with Gasteiger partial charge in [0.05, 0.1) is 25.4 Å². The highest BCUT2D eigenvalue weighted by atomic mass is 16.5. The first-order valence-electron chi connectivity index (χ1n) is 28.6. The molecule has 0 spiro atoms. The van der Waals surface area contributed by atoms with Gasteiger partial charge in [0.1, 0.15) is 0 Å². The Labute approximate surface area is 399 Å². The molecule has 6 nitrogen and oxygen atoms in total. The van der Waals surface area contributed by atoms with Gasteiger partial charge < -0.3 is 20.3 Å². The van der Waals surface area contributed by atoms with Crippen molar-refractivity contribution < 1.29 is 24.5 Å². The van der Waals surface area contributed by atoms with Crippen LogP contribution in [0.1, 0.15) is 309 Å². The van der Waals surface area contributed by atoms with Gasteiger partial charge in [-0.3, -0.25) is 9.59 Å². The molecule has 0 radical (unpaired) electrons. The number of nitrogens with one attached hydrogen (secondary N) is 1. The summed E-state index contributed by atoms with van der Waals surface area (Å²) < 4.78 is 5.46. The maximum atomic E-state index is 12.4. The normalized spacial score (nSPS) is 12.8. The maximum absolute atomic E-state index is 12.4. The number of unbranched alkanes of at least 4 members (excludes halogenated alkanes) is 40. The summed E-state index contributed by atoms with van der Waals surface area (Å²) in [6, 6.07) is -0.629. The van der Waals surface area contributed by atoms with Crippen molar-refractivity contribution in [2.24, 2.45) is 0 Å². The summed E-state index contributed by atoms with van der Waals surface area (Å²) in [5.74, 6) is -0.0690. The molecule has 6 heteroatoms. The summed E-state index contributed by atoms with van der Waals surface area (Å²) >= 11 is 0. The monoisotopic (exact) mass is 902 g/mol. The molecule has 378 valence electrons. The topological polar surface area (TPSA) is 95.9 Å². The van der Waals surface area contributed by atoms with Gasteiger partial charge >= 0.3 is 5.97 Å². The second-order valence-electron chi connectivity index (χ2n) is 19.6. The van der Waals surface area contributed by atoms with Gasteiger partial charge in [-0.15, -0.1) is 0 Å². The third-order valence-corrected chi connectivity index (χ3v) is 13.2. The van der Waals surface area contributed by atoms with E-state index >= 15 is 0 Å². The van der Waals surface area contributed by atoms with Gasteiger partial charge in [-0.1, -0.05) is 263 Å². The molecule has 3 N–H and O–H groups in total. The lowest BCUT2D eigenvalue weighted by molar-refractivity contribution is -0.143. The third kappa shape index (κ3) is 49.8. The van der Waals surface area contributed by atoms with E-state index in [1.54, 1.807) is 6.08 Å². The molecule has 0 aliphatic heterocycles. The number of esters is 1. The Hall–Kier alpha value is -1.66. The Kier molecular flexibility index (Phi) is 52.6. The van der Waals surface area contributed by atoms with Gasteiger partial charge in [-0.25, -0.2) is 0 Å². The number of allylic oxidation sites excluding steroid dienone is 3. The molecule has 2 atom stereocenters. The summed E-state index contributed by atoms with van der Waals surface area (Å²) in [6.45, 7) is 4.88. The van der Waals surface area contributed by atoms with Crippen molar-refractivity contribution in [1.29, 1.82) is 0 Å². The number of aliphatic hydroxyl groups is 2. The number of amides is 1. The summed E-state index contributed by atoms with van der Waals surface area (Å²) in [4.78, 5) is 24.4. The molecule has 1 amide bonds. The van der Waals surface area contributed by atoms with Crippen molar-refractivity contribution in [3.05, 3.63) is 24.3 Å². The zero-order chi connectivity index (χ0) is 46.5. The number of carbonyl (C=O) groups excluding carboxylic acids is 2. The summed E-state index contributed by atoms with van der Waals surface area (Å²) in [5, 5.41) is 23.1. The fraction of sp³-hybridized carbons (Fsp3) is 0.897. The van der Waals surface area contributed by atoms with E-state index in [4.69, 9.17) is 4.74 Å². The van der Waals surface area contributed by atoms with Crippen LogP contribution in [0.3, 0.4) is 0 Å². The maximum Gasteiger partial charge on any atom is 0.305 e. The lowest BCUT2D eigenvalue weighted by Crippen LogP contribution is -2.45. The predicted molar refractivity (Wildman–Crippen MR) is 278 cm³/mol. The highest BCUT2D eigenvalue weighted by Crippen LogP contribution is 2.17. The molecule has 0 saturated carbocycles. The smallest absolute Gasteiger partial charge is 0.305 e. The lowest BCUT2D eigenvalue weighted by atomic mass is 10.0. The summed E-state index contributed by atoms with van der Waals surface area (Å²) in [7, 11) is 0. The van der Waals surface area contributed by atoms with Crippen molar-refractivity contribution in [2.75, 3.05) is 13.2 Å². The minimum Gasteiger partial charge on any atom is -0.466 e. The fourth-order valence-electron chi connectivity index (χ4n) is 8.81. The first kappa shape index (κ1) is 62.3. The molecule has 0 aliphatic carbocycles. The standard InChI is InChI=1S/C58H111NO5/c1-3-5-7-9-11-13-15-17-24-27-30-34-38-42-46-50-56(61)55(54-60)59-57(62)51-47-43-39-35-31-28-25-22-20-18-19-21-23-26-29-33-37-41-45-49-53-64-58(63)52-48-44-40-36-32-16-14-12-10-8-6-4-2/h12,14,46,50,55-56,60-61H,3-11,13,15-45,47-49,51-54H2,1-2H3,(H,59,62)/b14-12-,50-46+. The molecule has 2 unspecified atom stereocenters. The molecule has 0 aromatic rings. The quantitative estimate of drug-likeness (QED) is 0.0321. The average Bonchev–Trinajstić information content (AvgIpc) is 3.29. The van der Waals surface area contributed by atoms with E-state index in [1.807, 2.05) is 6.08 Å². The Morgan fingerprint density at radius 2 is 0.734 bits per heavy atom. The number of carbonyl (C=O) groups is 2. The first-order valence-corrected chi connectivity index (χ1v) is 28.6. The molecular weight excluding hydrogens is 791 g/mol.